The highest BCUT2D eigenvalue weighted by Crippen LogP contribution is 2.23. The van der Waals surface area contributed by atoms with Gasteiger partial charge in [0.2, 0.25) is 10.0 Å². The minimum atomic E-state index is -3.43. The van der Waals surface area contributed by atoms with Gasteiger partial charge in [-0.1, -0.05) is 6.42 Å². The van der Waals surface area contributed by atoms with Crippen molar-refractivity contribution < 1.29 is 8.42 Å². The summed E-state index contributed by atoms with van der Waals surface area (Å²) in [5.41, 5.74) is 5.87. The lowest BCUT2D eigenvalue weighted by molar-refractivity contribution is 0.469. The van der Waals surface area contributed by atoms with Crippen LogP contribution in [0, 0.1) is 5.92 Å². The summed E-state index contributed by atoms with van der Waals surface area (Å²) in [6.07, 6.45) is 5.71. The van der Waals surface area contributed by atoms with Gasteiger partial charge in [-0.2, -0.15) is 5.10 Å². The molecule has 0 radical (unpaired) electrons. The molecule has 1 fully saturated rings. The lowest BCUT2D eigenvalue weighted by Crippen LogP contribution is -2.35. The lowest BCUT2D eigenvalue weighted by Gasteiger charge is -2.15. The summed E-state index contributed by atoms with van der Waals surface area (Å²) in [5, 5.41) is 6.09. The van der Waals surface area contributed by atoms with Crippen LogP contribution in [-0.4, -0.2) is 31.2 Å². The number of rotatable bonds is 4. The van der Waals surface area contributed by atoms with E-state index in [2.05, 4.69) is 14.9 Å². The Bertz CT molecular complexity index is 428. The smallest absolute Gasteiger partial charge is 0.243 e. The molecule has 90 valence electrons. The molecule has 6 nitrogen and oxygen atoms in total. The Morgan fingerprint density at radius 1 is 1.56 bits per heavy atom. The summed E-state index contributed by atoms with van der Waals surface area (Å²) in [5.74, 6) is 0.252. The SMILES string of the molecule is NC1CCCC1CNS(=O)(=O)c1cn[nH]c1. The summed E-state index contributed by atoms with van der Waals surface area (Å²) < 4.78 is 26.1. The summed E-state index contributed by atoms with van der Waals surface area (Å²) in [6, 6.07) is 0.118. The van der Waals surface area contributed by atoms with Crippen LogP contribution < -0.4 is 10.5 Å². The monoisotopic (exact) mass is 244 g/mol. The van der Waals surface area contributed by atoms with Gasteiger partial charge in [-0.3, -0.25) is 5.10 Å². The minimum absolute atomic E-state index is 0.118. The third kappa shape index (κ3) is 2.42. The van der Waals surface area contributed by atoms with Crippen molar-refractivity contribution in [3.63, 3.8) is 0 Å². The summed E-state index contributed by atoms with van der Waals surface area (Å²) >= 11 is 0. The molecule has 1 saturated carbocycles. The Labute approximate surface area is 94.7 Å². The van der Waals surface area contributed by atoms with Gasteiger partial charge in [0, 0.05) is 18.8 Å². The zero-order chi connectivity index (χ0) is 11.6. The van der Waals surface area contributed by atoms with Crippen molar-refractivity contribution in [3.8, 4) is 0 Å². The molecule has 2 rings (SSSR count). The molecule has 16 heavy (non-hydrogen) atoms. The van der Waals surface area contributed by atoms with E-state index in [0.717, 1.165) is 19.3 Å². The second-order valence-electron chi connectivity index (χ2n) is 4.14. The van der Waals surface area contributed by atoms with Crippen molar-refractivity contribution in [3.05, 3.63) is 12.4 Å². The van der Waals surface area contributed by atoms with Gasteiger partial charge in [-0.15, -0.1) is 0 Å². The predicted octanol–water partition coefficient (Wildman–Crippen LogP) is -0.185. The molecule has 1 heterocycles. The van der Waals surface area contributed by atoms with Crippen LogP contribution in [0.4, 0.5) is 0 Å². The molecule has 4 N–H and O–H groups in total. The average molecular weight is 244 g/mol. The summed E-state index contributed by atoms with van der Waals surface area (Å²) in [6.45, 7) is 0.411. The van der Waals surface area contributed by atoms with E-state index in [0.29, 0.717) is 6.54 Å². The van der Waals surface area contributed by atoms with E-state index in [1.165, 1.54) is 12.4 Å². The summed E-state index contributed by atoms with van der Waals surface area (Å²) in [4.78, 5) is 0.166. The van der Waals surface area contributed by atoms with E-state index in [1.54, 1.807) is 0 Å². The number of nitrogens with one attached hydrogen (secondary N) is 2. The van der Waals surface area contributed by atoms with Crippen LogP contribution in [0.1, 0.15) is 19.3 Å². The van der Waals surface area contributed by atoms with Crippen LogP contribution in [0.15, 0.2) is 17.3 Å². The highest BCUT2D eigenvalue weighted by molar-refractivity contribution is 7.89. The zero-order valence-electron chi connectivity index (χ0n) is 8.89. The summed E-state index contributed by atoms with van der Waals surface area (Å²) in [7, 11) is -3.43. The molecule has 1 aromatic heterocycles. The van der Waals surface area contributed by atoms with Crippen LogP contribution in [0.25, 0.3) is 0 Å². The van der Waals surface area contributed by atoms with Crippen LogP contribution in [0.2, 0.25) is 0 Å². The maximum atomic E-state index is 11.7. The first-order valence-electron chi connectivity index (χ1n) is 5.33. The van der Waals surface area contributed by atoms with Crippen molar-refractivity contribution >= 4 is 10.0 Å². The highest BCUT2D eigenvalue weighted by Gasteiger charge is 2.25. The number of hydrogen-bond acceptors (Lipinski definition) is 4. The highest BCUT2D eigenvalue weighted by atomic mass is 32.2. The van der Waals surface area contributed by atoms with E-state index >= 15 is 0 Å². The van der Waals surface area contributed by atoms with Crippen molar-refractivity contribution in [2.75, 3.05) is 6.54 Å². The number of H-pyrrole nitrogens is 1. The van der Waals surface area contributed by atoms with Gasteiger partial charge in [-0.25, -0.2) is 13.1 Å². The van der Waals surface area contributed by atoms with Gasteiger partial charge in [0.1, 0.15) is 4.90 Å². The molecule has 1 aliphatic carbocycles. The van der Waals surface area contributed by atoms with Crippen LogP contribution in [0.5, 0.6) is 0 Å². The second kappa shape index (κ2) is 4.52. The Hall–Kier alpha value is -0.920. The van der Waals surface area contributed by atoms with E-state index in [1.807, 2.05) is 0 Å². The maximum Gasteiger partial charge on any atom is 0.243 e. The number of aromatic nitrogens is 2. The van der Waals surface area contributed by atoms with E-state index in [4.69, 9.17) is 5.73 Å². The van der Waals surface area contributed by atoms with Crippen molar-refractivity contribution in [2.24, 2.45) is 11.7 Å². The molecule has 0 saturated heterocycles. The van der Waals surface area contributed by atoms with Gasteiger partial charge >= 0.3 is 0 Å². The zero-order valence-corrected chi connectivity index (χ0v) is 9.70. The van der Waals surface area contributed by atoms with E-state index < -0.39 is 10.0 Å². The van der Waals surface area contributed by atoms with Gasteiger partial charge in [0.15, 0.2) is 0 Å². The molecule has 0 aromatic carbocycles. The minimum Gasteiger partial charge on any atom is -0.327 e. The molecule has 0 aliphatic heterocycles. The number of sulfonamides is 1. The first-order chi connectivity index (χ1) is 7.59. The molecule has 1 aliphatic rings. The third-order valence-corrected chi connectivity index (χ3v) is 4.43. The fourth-order valence-corrected chi connectivity index (χ4v) is 3.00. The van der Waals surface area contributed by atoms with E-state index in [-0.39, 0.29) is 16.9 Å². The molecule has 0 spiro atoms. The Morgan fingerprint density at radius 2 is 2.38 bits per heavy atom. The number of nitrogens with zero attached hydrogens (tertiary/aromatic N) is 1. The Kier molecular flexibility index (Phi) is 3.27. The second-order valence-corrected chi connectivity index (χ2v) is 5.91. The molecule has 7 heteroatoms. The van der Waals surface area contributed by atoms with Crippen LogP contribution in [-0.2, 0) is 10.0 Å². The maximum absolute atomic E-state index is 11.7. The number of hydrogen-bond donors (Lipinski definition) is 3. The van der Waals surface area contributed by atoms with Gasteiger partial charge in [-0.05, 0) is 18.8 Å². The van der Waals surface area contributed by atoms with Crippen molar-refractivity contribution in [1.29, 1.82) is 0 Å². The molecule has 1 aromatic rings. The topological polar surface area (TPSA) is 101 Å². The quantitative estimate of drug-likeness (QED) is 0.683. The lowest BCUT2D eigenvalue weighted by atomic mass is 10.1. The molecule has 2 unspecified atom stereocenters. The van der Waals surface area contributed by atoms with Gasteiger partial charge in [0.25, 0.3) is 0 Å². The molecular weight excluding hydrogens is 228 g/mol. The van der Waals surface area contributed by atoms with Gasteiger partial charge in [0.05, 0.1) is 6.20 Å². The Morgan fingerprint density at radius 3 is 2.94 bits per heavy atom. The van der Waals surface area contributed by atoms with Crippen molar-refractivity contribution in [1.82, 2.24) is 14.9 Å². The molecule has 0 amide bonds. The fourth-order valence-electron chi connectivity index (χ4n) is 2.01. The predicted molar refractivity (Wildman–Crippen MR) is 59.1 cm³/mol. The van der Waals surface area contributed by atoms with Crippen molar-refractivity contribution in [2.45, 2.75) is 30.2 Å². The Balaban J connectivity index is 1.95. The number of nitrogens with two attached hydrogens (primary N) is 1. The molecule has 0 bridgehead atoms. The third-order valence-electron chi connectivity index (χ3n) is 3.04. The largest absolute Gasteiger partial charge is 0.327 e. The molecular formula is C9H16N4O2S. The molecule has 2 atom stereocenters. The first kappa shape index (κ1) is 11.6. The normalized spacial score (nSPS) is 26.1. The van der Waals surface area contributed by atoms with Gasteiger partial charge < -0.3 is 5.73 Å². The van der Waals surface area contributed by atoms with Crippen LogP contribution >= 0.6 is 0 Å². The number of aromatic amines is 1. The fraction of sp³-hybridized carbons (Fsp3) is 0.667. The first-order valence-corrected chi connectivity index (χ1v) is 6.82. The average Bonchev–Trinajstić information content (AvgIpc) is 2.85. The van der Waals surface area contributed by atoms with E-state index in [9.17, 15) is 8.42 Å². The van der Waals surface area contributed by atoms with Crippen LogP contribution in [0.3, 0.4) is 0 Å². The standard InChI is InChI=1S/C9H16N4O2S/c10-9-3-1-2-7(9)4-13-16(14,15)8-5-11-12-6-8/h5-7,9,13H,1-4,10H2,(H,11,12).